The van der Waals surface area contributed by atoms with Crippen molar-refractivity contribution in [3.8, 4) is 0 Å². The number of hydrogen-bond donors (Lipinski definition) is 2. The Morgan fingerprint density at radius 3 is 2.90 bits per heavy atom. The van der Waals surface area contributed by atoms with Crippen LogP contribution in [0.25, 0.3) is 0 Å². The maximum absolute atomic E-state index is 11.0. The van der Waals surface area contributed by atoms with Crippen LogP contribution in [-0.2, 0) is 11.3 Å². The van der Waals surface area contributed by atoms with E-state index in [1.54, 1.807) is 0 Å². The van der Waals surface area contributed by atoms with Crippen molar-refractivity contribution in [3.05, 3.63) is 29.8 Å². The number of piperidine rings is 1. The van der Waals surface area contributed by atoms with E-state index in [-0.39, 0.29) is 5.91 Å². The van der Waals surface area contributed by atoms with Gasteiger partial charge in [-0.15, -0.1) is 0 Å². The highest BCUT2D eigenvalue weighted by atomic mass is 16.1. The fourth-order valence-corrected chi connectivity index (χ4v) is 3.49. The summed E-state index contributed by atoms with van der Waals surface area (Å²) in [4.78, 5) is 13.6. The second-order valence-electron chi connectivity index (χ2n) is 5.98. The fraction of sp³-hybridized carbons (Fsp3) is 0.562. The highest BCUT2D eigenvalue weighted by Crippen LogP contribution is 2.27. The normalized spacial score (nSPS) is 26.2. The second-order valence-corrected chi connectivity index (χ2v) is 5.98. The Hall–Kier alpha value is -1.39. The molecule has 0 saturated carbocycles. The molecule has 2 atom stereocenters. The van der Waals surface area contributed by atoms with Crippen molar-refractivity contribution in [2.24, 2.45) is 5.92 Å². The van der Waals surface area contributed by atoms with Crippen molar-refractivity contribution in [2.75, 3.05) is 25.0 Å². The standard InChI is InChI=1S/C16H23N3O/c1-12(20)18-15-6-4-13(5-7-15)11-19-8-2-3-14-9-17-10-16(14)19/h4-7,14,16-17H,2-3,8-11H2,1H3,(H,18,20). The molecule has 1 aromatic carbocycles. The predicted octanol–water partition coefficient (Wildman–Crippen LogP) is 1.83. The van der Waals surface area contributed by atoms with Crippen LogP contribution in [-0.4, -0.2) is 36.5 Å². The van der Waals surface area contributed by atoms with Crippen molar-refractivity contribution >= 4 is 11.6 Å². The number of anilines is 1. The molecule has 2 fully saturated rings. The summed E-state index contributed by atoms with van der Waals surface area (Å²) in [7, 11) is 0. The van der Waals surface area contributed by atoms with E-state index in [9.17, 15) is 4.79 Å². The van der Waals surface area contributed by atoms with Gasteiger partial charge in [-0.1, -0.05) is 12.1 Å². The number of amides is 1. The van der Waals surface area contributed by atoms with Gasteiger partial charge in [0.05, 0.1) is 0 Å². The molecule has 0 aromatic heterocycles. The van der Waals surface area contributed by atoms with Gasteiger partial charge in [-0.3, -0.25) is 9.69 Å². The Morgan fingerprint density at radius 1 is 1.35 bits per heavy atom. The lowest BCUT2D eigenvalue weighted by atomic mass is 9.91. The lowest BCUT2D eigenvalue weighted by Gasteiger charge is -2.37. The first-order valence-electron chi connectivity index (χ1n) is 7.53. The number of carbonyl (C=O) groups excluding carboxylic acids is 1. The summed E-state index contributed by atoms with van der Waals surface area (Å²) in [5.41, 5.74) is 2.20. The molecule has 2 aliphatic rings. The van der Waals surface area contributed by atoms with Crippen LogP contribution in [0, 0.1) is 5.92 Å². The third-order valence-corrected chi connectivity index (χ3v) is 4.45. The van der Waals surface area contributed by atoms with E-state index in [2.05, 4.69) is 27.7 Å². The summed E-state index contributed by atoms with van der Waals surface area (Å²) in [6, 6.07) is 8.93. The van der Waals surface area contributed by atoms with Crippen LogP contribution in [0.3, 0.4) is 0 Å². The van der Waals surface area contributed by atoms with Crippen molar-refractivity contribution < 1.29 is 4.79 Å². The van der Waals surface area contributed by atoms with Gasteiger partial charge in [0, 0.05) is 31.7 Å². The average molecular weight is 273 g/mol. The number of benzene rings is 1. The predicted molar refractivity (Wildman–Crippen MR) is 80.5 cm³/mol. The lowest BCUT2D eigenvalue weighted by molar-refractivity contribution is -0.114. The molecule has 0 aliphatic carbocycles. The van der Waals surface area contributed by atoms with Gasteiger partial charge in [0.2, 0.25) is 5.91 Å². The van der Waals surface area contributed by atoms with E-state index in [1.165, 1.54) is 38.4 Å². The van der Waals surface area contributed by atoms with Gasteiger partial charge in [0.1, 0.15) is 0 Å². The van der Waals surface area contributed by atoms with Gasteiger partial charge < -0.3 is 10.6 Å². The summed E-state index contributed by atoms with van der Waals surface area (Å²) in [6.45, 7) is 6.08. The molecule has 2 aliphatic heterocycles. The number of hydrogen-bond acceptors (Lipinski definition) is 3. The Labute approximate surface area is 120 Å². The molecule has 20 heavy (non-hydrogen) atoms. The Balaban J connectivity index is 1.63. The van der Waals surface area contributed by atoms with E-state index >= 15 is 0 Å². The van der Waals surface area contributed by atoms with Gasteiger partial charge in [-0.05, 0) is 49.5 Å². The van der Waals surface area contributed by atoms with Crippen molar-refractivity contribution in [1.29, 1.82) is 0 Å². The van der Waals surface area contributed by atoms with Gasteiger partial charge in [-0.25, -0.2) is 0 Å². The van der Waals surface area contributed by atoms with Gasteiger partial charge in [0.15, 0.2) is 0 Å². The average Bonchev–Trinajstić information content (AvgIpc) is 2.90. The molecule has 1 aromatic rings. The zero-order chi connectivity index (χ0) is 13.9. The first-order valence-corrected chi connectivity index (χ1v) is 7.53. The summed E-state index contributed by atoms with van der Waals surface area (Å²) in [5.74, 6) is 0.816. The molecule has 4 heteroatoms. The molecule has 2 heterocycles. The quantitative estimate of drug-likeness (QED) is 0.883. The minimum atomic E-state index is -0.0198. The van der Waals surface area contributed by atoms with Crippen molar-refractivity contribution in [3.63, 3.8) is 0 Å². The molecule has 0 radical (unpaired) electrons. The van der Waals surface area contributed by atoms with Crippen LogP contribution in [0.1, 0.15) is 25.3 Å². The lowest BCUT2D eigenvalue weighted by Crippen LogP contribution is -2.44. The topological polar surface area (TPSA) is 44.4 Å². The van der Waals surface area contributed by atoms with Crippen LogP contribution >= 0.6 is 0 Å². The van der Waals surface area contributed by atoms with Gasteiger partial charge in [0.25, 0.3) is 0 Å². The smallest absolute Gasteiger partial charge is 0.221 e. The summed E-state index contributed by atoms with van der Waals surface area (Å²) >= 11 is 0. The number of rotatable bonds is 3. The van der Waals surface area contributed by atoms with E-state index in [0.717, 1.165) is 24.7 Å². The maximum atomic E-state index is 11.0. The number of nitrogens with one attached hydrogen (secondary N) is 2. The van der Waals surface area contributed by atoms with Crippen molar-refractivity contribution in [1.82, 2.24) is 10.2 Å². The molecule has 3 rings (SSSR count). The van der Waals surface area contributed by atoms with Crippen LogP contribution in [0.5, 0.6) is 0 Å². The van der Waals surface area contributed by atoms with E-state index in [1.807, 2.05) is 12.1 Å². The minimum Gasteiger partial charge on any atom is -0.326 e. The second kappa shape index (κ2) is 5.94. The Kier molecular flexibility index (Phi) is 4.03. The van der Waals surface area contributed by atoms with Crippen LogP contribution in [0.15, 0.2) is 24.3 Å². The zero-order valence-electron chi connectivity index (χ0n) is 12.1. The van der Waals surface area contributed by atoms with E-state index in [0.29, 0.717) is 6.04 Å². The highest BCUT2D eigenvalue weighted by Gasteiger charge is 2.34. The molecule has 1 amide bonds. The Morgan fingerprint density at radius 2 is 2.15 bits per heavy atom. The SMILES string of the molecule is CC(=O)Nc1ccc(CN2CCCC3CNCC32)cc1. The monoisotopic (exact) mass is 273 g/mol. The molecule has 0 bridgehead atoms. The molecule has 2 N–H and O–H groups in total. The highest BCUT2D eigenvalue weighted by molar-refractivity contribution is 5.88. The first kappa shape index (κ1) is 13.6. The van der Waals surface area contributed by atoms with Gasteiger partial charge in [-0.2, -0.15) is 0 Å². The molecule has 4 nitrogen and oxygen atoms in total. The maximum Gasteiger partial charge on any atom is 0.221 e. The molecule has 0 spiro atoms. The zero-order valence-corrected chi connectivity index (χ0v) is 12.1. The summed E-state index contributed by atoms with van der Waals surface area (Å²) in [5, 5.41) is 6.33. The van der Waals surface area contributed by atoms with Gasteiger partial charge >= 0.3 is 0 Å². The largest absolute Gasteiger partial charge is 0.326 e. The van der Waals surface area contributed by atoms with Crippen LogP contribution < -0.4 is 10.6 Å². The first-order chi connectivity index (χ1) is 9.72. The molecule has 108 valence electrons. The molecular formula is C16H23N3O. The van der Waals surface area contributed by atoms with Crippen LogP contribution in [0.4, 0.5) is 5.69 Å². The minimum absolute atomic E-state index is 0.0198. The third-order valence-electron chi connectivity index (χ3n) is 4.45. The summed E-state index contributed by atoms with van der Waals surface area (Å²) in [6.07, 6.45) is 2.68. The van der Waals surface area contributed by atoms with Crippen LogP contribution in [0.2, 0.25) is 0 Å². The number of nitrogens with zero attached hydrogens (tertiary/aromatic N) is 1. The van der Waals surface area contributed by atoms with E-state index < -0.39 is 0 Å². The fourth-order valence-electron chi connectivity index (χ4n) is 3.49. The number of fused-ring (bicyclic) bond motifs is 1. The number of carbonyl (C=O) groups is 1. The third kappa shape index (κ3) is 3.02. The Bertz CT molecular complexity index is 471. The van der Waals surface area contributed by atoms with Crippen molar-refractivity contribution in [2.45, 2.75) is 32.4 Å². The summed E-state index contributed by atoms with van der Waals surface area (Å²) < 4.78 is 0. The molecular weight excluding hydrogens is 250 g/mol. The van der Waals surface area contributed by atoms with E-state index in [4.69, 9.17) is 0 Å². The molecule has 2 unspecified atom stereocenters. The molecule has 2 saturated heterocycles. The number of likely N-dealkylation sites (tertiary alicyclic amines) is 1.